The van der Waals surface area contributed by atoms with Gasteiger partial charge in [-0.3, -0.25) is 0 Å². The van der Waals surface area contributed by atoms with Crippen LogP contribution in [0.1, 0.15) is 24.1 Å². The molecule has 0 bridgehead atoms. The van der Waals surface area contributed by atoms with E-state index in [0.717, 1.165) is 16.9 Å². The minimum absolute atomic E-state index is 0.218. The molecule has 1 unspecified atom stereocenters. The zero-order chi connectivity index (χ0) is 16.5. The van der Waals surface area contributed by atoms with Crippen molar-refractivity contribution in [2.45, 2.75) is 19.9 Å². The second kappa shape index (κ2) is 5.97. The molecule has 0 aliphatic rings. The van der Waals surface area contributed by atoms with Crippen molar-refractivity contribution in [1.82, 2.24) is 9.55 Å². The van der Waals surface area contributed by atoms with E-state index in [4.69, 9.17) is 4.98 Å². The minimum atomic E-state index is 0.218. The van der Waals surface area contributed by atoms with E-state index in [1.165, 1.54) is 16.6 Å². The Kier molecular flexibility index (Phi) is 3.66. The van der Waals surface area contributed by atoms with E-state index in [2.05, 4.69) is 91.2 Å². The average molecular weight is 312 g/mol. The Labute approximate surface area is 142 Å². The fourth-order valence-electron chi connectivity index (χ4n) is 3.22. The lowest BCUT2D eigenvalue weighted by Gasteiger charge is -2.18. The second-order valence-electron chi connectivity index (χ2n) is 6.25. The average Bonchev–Trinajstić information content (AvgIpc) is 3.02. The summed E-state index contributed by atoms with van der Waals surface area (Å²) in [6, 6.07) is 27.8. The van der Waals surface area contributed by atoms with Crippen LogP contribution in [0.15, 0.2) is 78.9 Å². The molecular weight excluding hydrogens is 292 g/mol. The van der Waals surface area contributed by atoms with Gasteiger partial charge in [0.05, 0.1) is 17.1 Å². The van der Waals surface area contributed by atoms with E-state index in [1.807, 2.05) is 6.07 Å². The number of aromatic nitrogens is 2. The summed E-state index contributed by atoms with van der Waals surface area (Å²) in [4.78, 5) is 4.92. The van der Waals surface area contributed by atoms with Gasteiger partial charge in [0.25, 0.3) is 0 Å². The Bertz CT molecular complexity index is 966. The summed E-state index contributed by atoms with van der Waals surface area (Å²) in [5.41, 5.74) is 5.91. The monoisotopic (exact) mass is 312 g/mol. The largest absolute Gasteiger partial charge is 0.317 e. The Balaban J connectivity index is 1.95. The van der Waals surface area contributed by atoms with Crippen LogP contribution in [-0.4, -0.2) is 9.55 Å². The van der Waals surface area contributed by atoms with Gasteiger partial charge in [-0.25, -0.2) is 4.98 Å². The molecule has 4 rings (SSSR count). The van der Waals surface area contributed by atoms with E-state index in [9.17, 15) is 0 Å². The van der Waals surface area contributed by atoms with Crippen LogP contribution in [-0.2, 0) is 0 Å². The van der Waals surface area contributed by atoms with Gasteiger partial charge in [0, 0.05) is 5.56 Å². The quantitative estimate of drug-likeness (QED) is 0.480. The lowest BCUT2D eigenvalue weighted by Crippen LogP contribution is -2.08. The van der Waals surface area contributed by atoms with Crippen LogP contribution < -0.4 is 0 Å². The molecule has 0 aliphatic heterocycles. The number of benzene rings is 3. The number of imidazole rings is 1. The first-order chi connectivity index (χ1) is 11.7. The molecule has 24 heavy (non-hydrogen) atoms. The summed E-state index contributed by atoms with van der Waals surface area (Å²) < 4.78 is 2.34. The Morgan fingerprint density at radius 1 is 0.792 bits per heavy atom. The molecule has 2 nitrogen and oxygen atoms in total. The van der Waals surface area contributed by atoms with Gasteiger partial charge in [-0.15, -0.1) is 0 Å². The normalized spacial score (nSPS) is 12.4. The van der Waals surface area contributed by atoms with Crippen LogP contribution in [0.25, 0.3) is 22.4 Å². The summed E-state index contributed by atoms with van der Waals surface area (Å²) in [5, 5.41) is 0. The van der Waals surface area contributed by atoms with Crippen molar-refractivity contribution in [2.24, 2.45) is 0 Å². The maximum Gasteiger partial charge on any atom is 0.141 e. The van der Waals surface area contributed by atoms with Crippen LogP contribution in [0, 0.1) is 6.92 Å². The van der Waals surface area contributed by atoms with Crippen molar-refractivity contribution in [1.29, 1.82) is 0 Å². The smallest absolute Gasteiger partial charge is 0.141 e. The number of hydrogen-bond acceptors (Lipinski definition) is 1. The Hall–Kier alpha value is -2.87. The molecule has 0 saturated carbocycles. The van der Waals surface area contributed by atoms with Gasteiger partial charge in [0.15, 0.2) is 0 Å². The van der Waals surface area contributed by atoms with Crippen LogP contribution in [0.3, 0.4) is 0 Å². The highest BCUT2D eigenvalue weighted by atomic mass is 15.1. The van der Waals surface area contributed by atoms with Crippen molar-refractivity contribution in [3.63, 3.8) is 0 Å². The molecule has 1 heterocycles. The lowest BCUT2D eigenvalue weighted by atomic mass is 10.1. The summed E-state index contributed by atoms with van der Waals surface area (Å²) in [6.07, 6.45) is 0. The number of aryl methyl sites for hydroxylation is 1. The first kappa shape index (κ1) is 14.7. The van der Waals surface area contributed by atoms with Crippen molar-refractivity contribution in [2.75, 3.05) is 0 Å². The maximum atomic E-state index is 4.92. The molecule has 0 saturated heterocycles. The zero-order valence-corrected chi connectivity index (χ0v) is 14.0. The van der Waals surface area contributed by atoms with Crippen molar-refractivity contribution >= 4 is 11.0 Å². The number of para-hydroxylation sites is 2. The molecule has 3 aromatic carbocycles. The van der Waals surface area contributed by atoms with Crippen LogP contribution >= 0.6 is 0 Å². The summed E-state index contributed by atoms with van der Waals surface area (Å²) in [5.74, 6) is 1.02. The first-order valence-corrected chi connectivity index (χ1v) is 8.33. The molecule has 0 radical (unpaired) electrons. The molecule has 0 spiro atoms. The predicted octanol–water partition coefficient (Wildman–Crippen LogP) is 5.62. The fourth-order valence-corrected chi connectivity index (χ4v) is 3.22. The number of nitrogens with zero attached hydrogens (tertiary/aromatic N) is 2. The third-order valence-electron chi connectivity index (χ3n) is 4.57. The highest BCUT2D eigenvalue weighted by Crippen LogP contribution is 2.31. The van der Waals surface area contributed by atoms with Crippen molar-refractivity contribution in [3.8, 4) is 11.4 Å². The van der Waals surface area contributed by atoms with E-state index in [1.54, 1.807) is 0 Å². The van der Waals surface area contributed by atoms with Gasteiger partial charge in [0.2, 0.25) is 0 Å². The highest BCUT2D eigenvalue weighted by molar-refractivity contribution is 5.81. The van der Waals surface area contributed by atoms with E-state index in [0.29, 0.717) is 0 Å². The topological polar surface area (TPSA) is 17.8 Å². The van der Waals surface area contributed by atoms with Gasteiger partial charge < -0.3 is 4.57 Å². The van der Waals surface area contributed by atoms with Gasteiger partial charge in [-0.1, -0.05) is 72.3 Å². The number of rotatable bonds is 3. The van der Waals surface area contributed by atoms with Gasteiger partial charge in [0.1, 0.15) is 5.82 Å². The molecule has 1 aromatic heterocycles. The predicted molar refractivity (Wildman–Crippen MR) is 100 cm³/mol. The molecule has 0 N–H and O–H groups in total. The minimum Gasteiger partial charge on any atom is -0.317 e. The van der Waals surface area contributed by atoms with Crippen molar-refractivity contribution in [3.05, 3.63) is 90.0 Å². The number of hydrogen-bond donors (Lipinski definition) is 0. The highest BCUT2D eigenvalue weighted by Gasteiger charge is 2.18. The van der Waals surface area contributed by atoms with Gasteiger partial charge >= 0.3 is 0 Å². The molecule has 4 aromatic rings. The zero-order valence-electron chi connectivity index (χ0n) is 14.0. The number of fused-ring (bicyclic) bond motifs is 1. The standard InChI is InChI=1S/C22H20N2/c1-16-12-14-19(15-13-16)22-23-20-10-6-7-11-21(20)24(22)17(2)18-8-4-3-5-9-18/h3-15,17H,1-2H3. The third kappa shape index (κ3) is 2.50. The lowest BCUT2D eigenvalue weighted by molar-refractivity contribution is 0.665. The van der Waals surface area contributed by atoms with Crippen molar-refractivity contribution < 1.29 is 0 Å². The Morgan fingerprint density at radius 3 is 2.21 bits per heavy atom. The first-order valence-electron chi connectivity index (χ1n) is 8.33. The second-order valence-corrected chi connectivity index (χ2v) is 6.25. The molecule has 0 fully saturated rings. The molecular formula is C22H20N2. The van der Waals surface area contributed by atoms with Crippen LogP contribution in [0.4, 0.5) is 0 Å². The fraction of sp³-hybridized carbons (Fsp3) is 0.136. The third-order valence-corrected chi connectivity index (χ3v) is 4.57. The molecule has 2 heteroatoms. The van der Waals surface area contributed by atoms with Gasteiger partial charge in [-0.2, -0.15) is 0 Å². The van der Waals surface area contributed by atoms with E-state index < -0.39 is 0 Å². The SMILES string of the molecule is Cc1ccc(-c2nc3ccccc3n2C(C)c2ccccc2)cc1. The van der Waals surface area contributed by atoms with E-state index in [-0.39, 0.29) is 6.04 Å². The molecule has 0 aliphatic carbocycles. The molecule has 1 atom stereocenters. The van der Waals surface area contributed by atoms with Crippen LogP contribution in [0.2, 0.25) is 0 Å². The summed E-state index contributed by atoms with van der Waals surface area (Å²) in [7, 11) is 0. The summed E-state index contributed by atoms with van der Waals surface area (Å²) >= 11 is 0. The molecule has 118 valence electrons. The summed E-state index contributed by atoms with van der Waals surface area (Å²) in [6.45, 7) is 4.35. The van der Waals surface area contributed by atoms with Gasteiger partial charge in [-0.05, 0) is 31.5 Å². The molecule has 0 amide bonds. The van der Waals surface area contributed by atoms with Crippen LogP contribution in [0.5, 0.6) is 0 Å². The van der Waals surface area contributed by atoms with E-state index >= 15 is 0 Å². The maximum absolute atomic E-state index is 4.92. The Morgan fingerprint density at radius 2 is 1.46 bits per heavy atom.